The molecule has 0 aliphatic carbocycles. The van der Waals surface area contributed by atoms with Crippen LogP contribution in [0, 0.1) is 6.92 Å². The largest absolute Gasteiger partial charge is 0.380 e. The molecule has 6 nitrogen and oxygen atoms in total. The molecule has 1 aromatic heterocycles. The second-order valence-electron chi connectivity index (χ2n) is 6.32. The third-order valence-electron chi connectivity index (χ3n) is 4.75. The third-order valence-corrected chi connectivity index (χ3v) is 4.75. The normalized spacial score (nSPS) is 21.8. The number of aryl methyl sites for hydroxylation is 2. The molecule has 3 heterocycles. The summed E-state index contributed by atoms with van der Waals surface area (Å²) < 4.78 is 7.22. The summed E-state index contributed by atoms with van der Waals surface area (Å²) in [6, 6.07) is 2.47. The van der Waals surface area contributed by atoms with E-state index >= 15 is 0 Å². The van der Waals surface area contributed by atoms with E-state index in [1.54, 1.807) is 4.68 Å². The zero-order valence-corrected chi connectivity index (χ0v) is 13.6. The van der Waals surface area contributed by atoms with Crippen LogP contribution >= 0.6 is 0 Å². The number of hydrogen-bond acceptors (Lipinski definition) is 4. The van der Waals surface area contributed by atoms with Crippen molar-refractivity contribution in [3.63, 3.8) is 0 Å². The fourth-order valence-electron chi connectivity index (χ4n) is 3.54. The lowest BCUT2D eigenvalue weighted by molar-refractivity contribution is 0.0599. The predicted octanol–water partition coefficient (Wildman–Crippen LogP) is 1.06. The number of ether oxygens (including phenoxy) is 1. The van der Waals surface area contributed by atoms with Gasteiger partial charge in [0, 0.05) is 45.9 Å². The highest BCUT2D eigenvalue weighted by Gasteiger charge is 2.28. The van der Waals surface area contributed by atoms with Crippen molar-refractivity contribution in [3.05, 3.63) is 17.5 Å². The van der Waals surface area contributed by atoms with Crippen LogP contribution in [-0.2, 0) is 11.8 Å². The van der Waals surface area contributed by atoms with E-state index in [1.807, 2.05) is 24.9 Å². The summed E-state index contributed by atoms with van der Waals surface area (Å²) in [5, 5.41) is 4.27. The van der Waals surface area contributed by atoms with Crippen molar-refractivity contribution in [2.45, 2.75) is 32.2 Å². The number of carbonyl (C=O) groups is 1. The van der Waals surface area contributed by atoms with Gasteiger partial charge in [0.05, 0.1) is 12.3 Å². The van der Waals surface area contributed by atoms with Gasteiger partial charge in [-0.3, -0.25) is 14.4 Å². The summed E-state index contributed by atoms with van der Waals surface area (Å²) in [6.07, 6.45) is 3.23. The highest BCUT2D eigenvalue weighted by Crippen LogP contribution is 2.19. The molecule has 0 unspecified atom stereocenters. The van der Waals surface area contributed by atoms with Gasteiger partial charge in [-0.2, -0.15) is 5.10 Å². The van der Waals surface area contributed by atoms with Crippen molar-refractivity contribution >= 4 is 5.91 Å². The molecular formula is C16H26N4O2. The summed E-state index contributed by atoms with van der Waals surface area (Å²) in [7, 11) is 1.84. The Morgan fingerprint density at radius 2 is 2.00 bits per heavy atom. The molecule has 1 aromatic rings. The lowest BCUT2D eigenvalue weighted by Gasteiger charge is -2.37. The van der Waals surface area contributed by atoms with Gasteiger partial charge in [0.15, 0.2) is 0 Å². The van der Waals surface area contributed by atoms with Crippen molar-refractivity contribution in [3.8, 4) is 0 Å². The van der Waals surface area contributed by atoms with Gasteiger partial charge >= 0.3 is 0 Å². The van der Waals surface area contributed by atoms with Crippen LogP contribution in [0.1, 0.15) is 35.4 Å². The first-order valence-corrected chi connectivity index (χ1v) is 8.27. The molecular weight excluding hydrogens is 280 g/mol. The average molecular weight is 306 g/mol. The van der Waals surface area contributed by atoms with Crippen LogP contribution in [0.2, 0.25) is 0 Å². The smallest absolute Gasteiger partial charge is 0.272 e. The Labute approximate surface area is 132 Å². The number of rotatable bonds is 2. The zero-order chi connectivity index (χ0) is 15.5. The molecule has 3 rings (SSSR count). The molecule has 0 spiro atoms. The molecule has 1 amide bonds. The van der Waals surface area contributed by atoms with Crippen LogP contribution in [0.5, 0.6) is 0 Å². The van der Waals surface area contributed by atoms with Gasteiger partial charge < -0.3 is 9.64 Å². The van der Waals surface area contributed by atoms with Gasteiger partial charge in [-0.25, -0.2) is 0 Å². The van der Waals surface area contributed by atoms with Crippen LogP contribution in [0.4, 0.5) is 0 Å². The van der Waals surface area contributed by atoms with E-state index in [0.717, 1.165) is 64.3 Å². The maximum atomic E-state index is 12.6. The highest BCUT2D eigenvalue weighted by molar-refractivity contribution is 5.92. The topological polar surface area (TPSA) is 50.6 Å². The van der Waals surface area contributed by atoms with E-state index in [2.05, 4.69) is 10.00 Å². The molecule has 0 aromatic carbocycles. The number of likely N-dealkylation sites (tertiary alicyclic amines) is 1. The van der Waals surface area contributed by atoms with E-state index in [9.17, 15) is 4.79 Å². The number of carbonyl (C=O) groups excluding carboxylic acids is 1. The van der Waals surface area contributed by atoms with Crippen LogP contribution < -0.4 is 0 Å². The quantitative estimate of drug-likeness (QED) is 0.820. The van der Waals surface area contributed by atoms with Crippen LogP contribution in [0.3, 0.4) is 0 Å². The number of nitrogens with zero attached hydrogens (tertiary/aromatic N) is 4. The Kier molecular flexibility index (Phi) is 4.78. The molecule has 0 radical (unpaired) electrons. The molecule has 0 saturated carbocycles. The van der Waals surface area contributed by atoms with Gasteiger partial charge in [-0.15, -0.1) is 0 Å². The number of piperidine rings is 1. The summed E-state index contributed by atoms with van der Waals surface area (Å²) >= 11 is 0. The van der Waals surface area contributed by atoms with E-state index < -0.39 is 0 Å². The van der Waals surface area contributed by atoms with Crippen LogP contribution in [-0.4, -0.2) is 70.9 Å². The monoisotopic (exact) mass is 306 g/mol. The fraction of sp³-hybridized carbons (Fsp3) is 0.750. The van der Waals surface area contributed by atoms with Crippen LogP contribution in [0.15, 0.2) is 6.07 Å². The van der Waals surface area contributed by atoms with E-state index in [4.69, 9.17) is 4.74 Å². The molecule has 0 N–H and O–H groups in total. The standard InChI is InChI=1S/C16H26N4O2/c1-13-12-15(18(2)17-13)16(21)20-7-4-14(5-8-20)19-6-3-10-22-11-9-19/h12,14H,3-11H2,1-2H3. The summed E-state index contributed by atoms with van der Waals surface area (Å²) in [5.74, 6) is 0.112. The van der Waals surface area contributed by atoms with Gasteiger partial charge in [-0.05, 0) is 32.3 Å². The molecule has 2 aliphatic heterocycles. The minimum Gasteiger partial charge on any atom is -0.380 e. The van der Waals surface area contributed by atoms with Gasteiger partial charge in [0.25, 0.3) is 5.91 Å². The molecule has 6 heteroatoms. The Bertz CT molecular complexity index is 512. The maximum Gasteiger partial charge on any atom is 0.272 e. The minimum absolute atomic E-state index is 0.112. The second-order valence-corrected chi connectivity index (χ2v) is 6.32. The van der Waals surface area contributed by atoms with Crippen molar-refractivity contribution in [2.24, 2.45) is 7.05 Å². The van der Waals surface area contributed by atoms with E-state index in [-0.39, 0.29) is 5.91 Å². The Hall–Kier alpha value is -1.40. The Morgan fingerprint density at radius 3 is 2.68 bits per heavy atom. The SMILES string of the molecule is Cc1cc(C(=O)N2CCC(N3CCCOCC3)CC2)n(C)n1. The first-order valence-electron chi connectivity index (χ1n) is 8.27. The van der Waals surface area contributed by atoms with Crippen molar-refractivity contribution in [2.75, 3.05) is 39.4 Å². The third kappa shape index (κ3) is 3.33. The molecule has 2 saturated heterocycles. The Morgan fingerprint density at radius 1 is 1.23 bits per heavy atom. The molecule has 22 heavy (non-hydrogen) atoms. The highest BCUT2D eigenvalue weighted by atomic mass is 16.5. The fourth-order valence-corrected chi connectivity index (χ4v) is 3.54. The number of aromatic nitrogens is 2. The molecule has 2 fully saturated rings. The minimum atomic E-state index is 0.112. The molecule has 2 aliphatic rings. The molecule has 0 atom stereocenters. The molecule has 122 valence electrons. The predicted molar refractivity (Wildman–Crippen MR) is 83.9 cm³/mol. The van der Waals surface area contributed by atoms with Crippen LogP contribution in [0.25, 0.3) is 0 Å². The summed E-state index contributed by atoms with van der Waals surface area (Å²) in [5.41, 5.74) is 1.59. The van der Waals surface area contributed by atoms with Gasteiger partial charge in [0.1, 0.15) is 5.69 Å². The Balaban J connectivity index is 1.57. The average Bonchev–Trinajstić information content (AvgIpc) is 2.73. The first kappa shape index (κ1) is 15.5. The lowest BCUT2D eigenvalue weighted by atomic mass is 10.0. The first-order chi connectivity index (χ1) is 10.6. The second kappa shape index (κ2) is 6.79. The summed E-state index contributed by atoms with van der Waals surface area (Å²) in [4.78, 5) is 17.1. The van der Waals surface area contributed by atoms with Gasteiger partial charge in [0.2, 0.25) is 0 Å². The van der Waals surface area contributed by atoms with Gasteiger partial charge in [-0.1, -0.05) is 0 Å². The van der Waals surface area contributed by atoms with E-state index in [0.29, 0.717) is 11.7 Å². The van der Waals surface area contributed by atoms with Crippen molar-refractivity contribution in [1.29, 1.82) is 0 Å². The number of amides is 1. The van der Waals surface area contributed by atoms with Crippen molar-refractivity contribution in [1.82, 2.24) is 19.6 Å². The maximum absolute atomic E-state index is 12.6. The zero-order valence-electron chi connectivity index (χ0n) is 13.6. The summed E-state index contributed by atoms with van der Waals surface area (Å²) in [6.45, 7) is 7.47. The number of hydrogen-bond donors (Lipinski definition) is 0. The van der Waals surface area contributed by atoms with Crippen molar-refractivity contribution < 1.29 is 9.53 Å². The van der Waals surface area contributed by atoms with E-state index in [1.165, 1.54) is 0 Å². The lowest BCUT2D eigenvalue weighted by Crippen LogP contribution is -2.47. The molecule has 0 bridgehead atoms.